The van der Waals surface area contributed by atoms with Crippen LogP contribution in [0.3, 0.4) is 0 Å². The number of rotatable bonds is 10. The minimum atomic E-state index is -0.132. The van der Waals surface area contributed by atoms with Gasteiger partial charge in [-0.2, -0.15) is 0 Å². The van der Waals surface area contributed by atoms with E-state index in [4.69, 9.17) is 0 Å². The topological polar surface area (TPSA) is 66.9 Å². The highest BCUT2D eigenvalue weighted by atomic mass is 16.2. The molecule has 1 aromatic rings. The quantitative estimate of drug-likeness (QED) is 0.652. The number of hydrogen-bond donors (Lipinski definition) is 2. The standard InChI is InChI=1S/C16H29N3O2/c1-4-6-7-8-10-13(9-5-2)15(20)17-11-14-12-19(3)18-16(14)21/h12-13H,4-11H2,1-3H3,(H,17,20)(H,18,21). The van der Waals surface area contributed by atoms with Crippen LogP contribution in [0.1, 0.15) is 64.4 Å². The Hall–Kier alpha value is -1.52. The summed E-state index contributed by atoms with van der Waals surface area (Å²) < 4.78 is 1.61. The fraction of sp³-hybridized carbons (Fsp3) is 0.750. The maximum atomic E-state index is 12.3. The normalized spacial score (nSPS) is 12.3. The number of aromatic amines is 1. The van der Waals surface area contributed by atoms with Gasteiger partial charge in [-0.3, -0.25) is 19.4 Å². The lowest BCUT2D eigenvalue weighted by molar-refractivity contribution is -0.125. The second-order valence-electron chi connectivity index (χ2n) is 5.76. The lowest BCUT2D eigenvalue weighted by Crippen LogP contribution is -2.31. The van der Waals surface area contributed by atoms with Crippen molar-refractivity contribution in [2.75, 3.05) is 0 Å². The van der Waals surface area contributed by atoms with Gasteiger partial charge in [0.15, 0.2) is 0 Å². The summed E-state index contributed by atoms with van der Waals surface area (Å²) in [5, 5.41) is 5.55. The number of carbonyl (C=O) groups excluding carboxylic acids is 1. The zero-order valence-corrected chi connectivity index (χ0v) is 13.6. The first kappa shape index (κ1) is 17.5. The Bertz CT molecular complexity index is 476. The van der Waals surface area contributed by atoms with Crippen molar-refractivity contribution >= 4 is 5.91 Å². The predicted octanol–water partition coefficient (Wildman–Crippen LogP) is 2.72. The summed E-state index contributed by atoms with van der Waals surface area (Å²) in [6.07, 6.45) is 9.35. The third-order valence-corrected chi connectivity index (χ3v) is 3.79. The fourth-order valence-corrected chi connectivity index (χ4v) is 2.58. The van der Waals surface area contributed by atoms with E-state index in [9.17, 15) is 9.59 Å². The van der Waals surface area contributed by atoms with Crippen LogP contribution in [-0.2, 0) is 18.4 Å². The average Bonchev–Trinajstić information content (AvgIpc) is 2.77. The third-order valence-electron chi connectivity index (χ3n) is 3.79. The Labute approximate surface area is 127 Å². The molecule has 0 saturated heterocycles. The zero-order valence-electron chi connectivity index (χ0n) is 13.6. The molecular weight excluding hydrogens is 266 g/mol. The van der Waals surface area contributed by atoms with Crippen LogP contribution in [0.25, 0.3) is 0 Å². The molecule has 0 aliphatic rings. The zero-order chi connectivity index (χ0) is 15.7. The van der Waals surface area contributed by atoms with Crippen molar-refractivity contribution in [3.63, 3.8) is 0 Å². The first-order chi connectivity index (χ1) is 10.1. The molecule has 1 heterocycles. The number of nitrogens with one attached hydrogen (secondary N) is 2. The molecule has 5 heteroatoms. The smallest absolute Gasteiger partial charge is 0.269 e. The summed E-state index contributed by atoms with van der Waals surface area (Å²) in [6.45, 7) is 4.60. The SMILES string of the molecule is CCCCCCC(CCC)C(=O)NCc1cn(C)[nH]c1=O. The molecule has 21 heavy (non-hydrogen) atoms. The van der Waals surface area contributed by atoms with E-state index in [2.05, 4.69) is 24.3 Å². The van der Waals surface area contributed by atoms with Crippen LogP contribution in [0, 0.1) is 5.92 Å². The van der Waals surface area contributed by atoms with E-state index in [0.29, 0.717) is 12.1 Å². The number of amides is 1. The number of aryl methyl sites for hydroxylation is 1. The van der Waals surface area contributed by atoms with Crippen LogP contribution in [0.5, 0.6) is 0 Å². The van der Waals surface area contributed by atoms with Crippen LogP contribution in [0.15, 0.2) is 11.0 Å². The van der Waals surface area contributed by atoms with Crippen molar-refractivity contribution < 1.29 is 4.79 Å². The molecule has 1 amide bonds. The molecule has 0 aliphatic carbocycles. The van der Waals surface area contributed by atoms with Crippen LogP contribution in [-0.4, -0.2) is 15.7 Å². The first-order valence-corrected chi connectivity index (χ1v) is 8.10. The molecule has 0 aliphatic heterocycles. The minimum absolute atomic E-state index is 0.0784. The van der Waals surface area contributed by atoms with Gasteiger partial charge < -0.3 is 5.32 Å². The van der Waals surface area contributed by atoms with Gasteiger partial charge in [-0.05, 0) is 12.8 Å². The first-order valence-electron chi connectivity index (χ1n) is 8.10. The Morgan fingerprint density at radius 1 is 1.24 bits per heavy atom. The van der Waals surface area contributed by atoms with Crippen LogP contribution in [0.2, 0.25) is 0 Å². The van der Waals surface area contributed by atoms with Gasteiger partial charge in [-0.25, -0.2) is 0 Å². The molecule has 0 saturated carbocycles. The van der Waals surface area contributed by atoms with Crippen molar-refractivity contribution in [3.05, 3.63) is 22.1 Å². The largest absolute Gasteiger partial charge is 0.352 e. The summed E-state index contributed by atoms with van der Waals surface area (Å²) in [5.74, 6) is 0.159. The number of aromatic nitrogens is 2. The van der Waals surface area contributed by atoms with Crippen molar-refractivity contribution in [1.82, 2.24) is 15.1 Å². The van der Waals surface area contributed by atoms with Crippen LogP contribution in [0.4, 0.5) is 0 Å². The van der Waals surface area contributed by atoms with Gasteiger partial charge in [0, 0.05) is 25.7 Å². The van der Waals surface area contributed by atoms with Crippen LogP contribution >= 0.6 is 0 Å². The van der Waals surface area contributed by atoms with E-state index in [1.54, 1.807) is 17.9 Å². The van der Waals surface area contributed by atoms with Gasteiger partial charge in [0.2, 0.25) is 5.91 Å². The molecule has 0 bridgehead atoms. The summed E-state index contributed by atoms with van der Waals surface area (Å²) >= 11 is 0. The number of nitrogens with zero attached hydrogens (tertiary/aromatic N) is 1. The van der Waals surface area contributed by atoms with Gasteiger partial charge in [0.25, 0.3) is 5.56 Å². The Morgan fingerprint density at radius 3 is 2.57 bits per heavy atom. The second kappa shape index (κ2) is 9.42. The average molecular weight is 295 g/mol. The van der Waals surface area contributed by atoms with Gasteiger partial charge in [0.05, 0.1) is 5.56 Å². The highest BCUT2D eigenvalue weighted by molar-refractivity contribution is 5.78. The minimum Gasteiger partial charge on any atom is -0.352 e. The van der Waals surface area contributed by atoms with E-state index in [-0.39, 0.29) is 17.4 Å². The lowest BCUT2D eigenvalue weighted by Gasteiger charge is -2.15. The molecular formula is C16H29N3O2. The maximum Gasteiger partial charge on any atom is 0.269 e. The Balaban J connectivity index is 2.44. The maximum absolute atomic E-state index is 12.3. The number of hydrogen-bond acceptors (Lipinski definition) is 2. The van der Waals surface area contributed by atoms with E-state index < -0.39 is 0 Å². The third kappa shape index (κ3) is 6.19. The van der Waals surface area contributed by atoms with Gasteiger partial charge in [0.1, 0.15) is 0 Å². The molecule has 0 fully saturated rings. The highest BCUT2D eigenvalue weighted by Crippen LogP contribution is 2.16. The van der Waals surface area contributed by atoms with E-state index in [1.807, 2.05) is 0 Å². The van der Waals surface area contributed by atoms with E-state index in [0.717, 1.165) is 25.7 Å². The van der Waals surface area contributed by atoms with Crippen LogP contribution < -0.4 is 10.9 Å². The number of unbranched alkanes of at least 4 members (excludes halogenated alkanes) is 3. The molecule has 0 aromatic carbocycles. The summed E-state index contributed by atoms with van der Waals surface area (Å²) in [5.41, 5.74) is 0.472. The van der Waals surface area contributed by atoms with Gasteiger partial charge >= 0.3 is 0 Å². The summed E-state index contributed by atoms with van der Waals surface area (Å²) in [6, 6.07) is 0. The molecule has 1 rings (SSSR count). The Kier molecular flexibility index (Phi) is 7.87. The van der Waals surface area contributed by atoms with Crippen molar-refractivity contribution in [3.8, 4) is 0 Å². The monoisotopic (exact) mass is 295 g/mol. The predicted molar refractivity (Wildman–Crippen MR) is 85.0 cm³/mol. The fourth-order valence-electron chi connectivity index (χ4n) is 2.58. The Morgan fingerprint density at radius 2 is 2.00 bits per heavy atom. The molecule has 2 N–H and O–H groups in total. The van der Waals surface area contributed by atoms with Crippen molar-refractivity contribution in [2.45, 2.75) is 65.3 Å². The summed E-state index contributed by atoms with van der Waals surface area (Å²) in [4.78, 5) is 23.8. The van der Waals surface area contributed by atoms with Gasteiger partial charge in [-0.1, -0.05) is 46.0 Å². The highest BCUT2D eigenvalue weighted by Gasteiger charge is 2.17. The van der Waals surface area contributed by atoms with Crippen molar-refractivity contribution in [2.24, 2.45) is 13.0 Å². The lowest BCUT2D eigenvalue weighted by atomic mass is 9.95. The molecule has 5 nitrogen and oxygen atoms in total. The van der Waals surface area contributed by atoms with Crippen molar-refractivity contribution in [1.29, 1.82) is 0 Å². The molecule has 120 valence electrons. The molecule has 1 aromatic heterocycles. The number of H-pyrrole nitrogens is 1. The molecule has 0 spiro atoms. The summed E-state index contributed by atoms with van der Waals surface area (Å²) in [7, 11) is 1.76. The second-order valence-corrected chi connectivity index (χ2v) is 5.76. The van der Waals surface area contributed by atoms with Gasteiger partial charge in [-0.15, -0.1) is 0 Å². The molecule has 0 radical (unpaired) electrons. The molecule has 1 unspecified atom stereocenters. The van der Waals surface area contributed by atoms with E-state index in [1.165, 1.54) is 19.3 Å². The molecule has 1 atom stereocenters. The number of carbonyl (C=O) groups is 1. The van der Waals surface area contributed by atoms with E-state index >= 15 is 0 Å².